The number of rotatable bonds is 9. The lowest BCUT2D eigenvalue weighted by Crippen LogP contribution is -2.40. The molecule has 0 fully saturated rings. The number of ether oxygens (including phenoxy) is 2. The second-order valence-electron chi connectivity index (χ2n) is 10.5. The molecule has 8 nitrogen and oxygen atoms in total. The van der Waals surface area contributed by atoms with Gasteiger partial charge in [0.05, 0.1) is 40.1 Å². The Hall–Kier alpha value is -5.72. The SMILES string of the molecule is CCOc1ccc([C@H]2C(C(=O)Nc3ccccc3)=C(C)N=c3s/c(=C\c4ccccc4OCc4ccccc4C#N)c(=O)n32)cc1. The van der Waals surface area contributed by atoms with E-state index in [0.717, 1.165) is 11.1 Å². The summed E-state index contributed by atoms with van der Waals surface area (Å²) in [6.07, 6.45) is 1.79. The molecule has 0 unspecified atom stereocenters. The minimum atomic E-state index is -0.716. The lowest BCUT2D eigenvalue weighted by molar-refractivity contribution is -0.113. The molecule has 2 heterocycles. The van der Waals surface area contributed by atoms with Crippen molar-refractivity contribution in [2.45, 2.75) is 26.5 Å². The summed E-state index contributed by atoms with van der Waals surface area (Å²) < 4.78 is 13.8. The van der Waals surface area contributed by atoms with E-state index < -0.39 is 6.04 Å². The fourth-order valence-electron chi connectivity index (χ4n) is 5.34. The number of thiazole rings is 1. The van der Waals surface area contributed by atoms with Crippen molar-refractivity contribution in [2.24, 2.45) is 4.99 Å². The van der Waals surface area contributed by atoms with E-state index >= 15 is 0 Å². The van der Waals surface area contributed by atoms with Crippen LogP contribution in [-0.4, -0.2) is 17.1 Å². The molecule has 228 valence electrons. The van der Waals surface area contributed by atoms with E-state index in [4.69, 9.17) is 14.5 Å². The number of para-hydroxylation sites is 2. The monoisotopic (exact) mass is 626 g/mol. The molecule has 6 rings (SSSR count). The first-order chi connectivity index (χ1) is 22.5. The molecule has 1 aromatic heterocycles. The first-order valence-corrected chi connectivity index (χ1v) is 15.6. The molecule has 4 aromatic carbocycles. The van der Waals surface area contributed by atoms with Gasteiger partial charge >= 0.3 is 0 Å². The molecule has 1 atom stereocenters. The Balaban J connectivity index is 1.42. The first-order valence-electron chi connectivity index (χ1n) is 14.8. The number of carbonyl (C=O) groups excluding carboxylic acids is 1. The number of nitrogens with one attached hydrogen (secondary N) is 1. The van der Waals surface area contributed by atoms with Crippen LogP contribution in [0.1, 0.15) is 42.1 Å². The van der Waals surface area contributed by atoms with Crippen LogP contribution < -0.4 is 29.7 Å². The van der Waals surface area contributed by atoms with Gasteiger partial charge in [0, 0.05) is 16.8 Å². The Morgan fingerprint density at radius 2 is 1.70 bits per heavy atom. The van der Waals surface area contributed by atoms with Gasteiger partial charge in [-0.2, -0.15) is 5.26 Å². The third-order valence-electron chi connectivity index (χ3n) is 7.53. The topological polar surface area (TPSA) is 106 Å². The van der Waals surface area contributed by atoms with Crippen molar-refractivity contribution in [1.82, 2.24) is 4.57 Å². The fourth-order valence-corrected chi connectivity index (χ4v) is 6.38. The lowest BCUT2D eigenvalue weighted by Gasteiger charge is -2.25. The Labute approximate surface area is 269 Å². The van der Waals surface area contributed by atoms with Crippen LogP contribution in [0.5, 0.6) is 11.5 Å². The number of hydrogen-bond acceptors (Lipinski definition) is 7. The molecule has 0 saturated carbocycles. The van der Waals surface area contributed by atoms with Crippen molar-refractivity contribution in [3.63, 3.8) is 0 Å². The molecule has 1 aliphatic heterocycles. The third-order valence-corrected chi connectivity index (χ3v) is 8.51. The second kappa shape index (κ2) is 13.5. The van der Waals surface area contributed by atoms with E-state index in [0.29, 0.717) is 55.5 Å². The molecule has 9 heteroatoms. The van der Waals surface area contributed by atoms with Crippen LogP contribution in [0.3, 0.4) is 0 Å². The third kappa shape index (κ3) is 6.25. The van der Waals surface area contributed by atoms with E-state index in [2.05, 4.69) is 11.4 Å². The molecule has 0 saturated heterocycles. The maximum Gasteiger partial charge on any atom is 0.271 e. The van der Waals surface area contributed by atoms with Gasteiger partial charge in [-0.05, 0) is 61.9 Å². The van der Waals surface area contributed by atoms with Gasteiger partial charge in [0.15, 0.2) is 4.80 Å². The van der Waals surface area contributed by atoms with E-state index in [9.17, 15) is 14.9 Å². The number of allylic oxidation sites excluding steroid dienone is 1. The van der Waals surface area contributed by atoms with Crippen molar-refractivity contribution in [2.75, 3.05) is 11.9 Å². The fraction of sp³-hybridized carbons (Fsp3) is 0.135. The highest BCUT2D eigenvalue weighted by atomic mass is 32.1. The normalized spacial score (nSPS) is 14.2. The average Bonchev–Trinajstić information content (AvgIpc) is 3.38. The number of nitriles is 1. The highest BCUT2D eigenvalue weighted by molar-refractivity contribution is 7.07. The van der Waals surface area contributed by atoms with Gasteiger partial charge in [0.25, 0.3) is 11.5 Å². The van der Waals surface area contributed by atoms with Gasteiger partial charge in [-0.15, -0.1) is 0 Å². The van der Waals surface area contributed by atoms with Crippen molar-refractivity contribution in [3.05, 3.63) is 156 Å². The molecular formula is C37H30N4O4S. The summed E-state index contributed by atoms with van der Waals surface area (Å²) in [7, 11) is 0. The van der Waals surface area contributed by atoms with Crippen molar-refractivity contribution < 1.29 is 14.3 Å². The summed E-state index contributed by atoms with van der Waals surface area (Å²) in [5.41, 5.74) is 4.05. The zero-order chi connectivity index (χ0) is 32.0. The number of nitrogens with zero attached hydrogens (tertiary/aromatic N) is 3. The highest BCUT2D eigenvalue weighted by Gasteiger charge is 2.32. The minimum Gasteiger partial charge on any atom is -0.494 e. The van der Waals surface area contributed by atoms with Gasteiger partial charge in [-0.3, -0.25) is 14.2 Å². The molecule has 5 aromatic rings. The zero-order valence-electron chi connectivity index (χ0n) is 25.3. The molecule has 0 bridgehead atoms. The summed E-state index contributed by atoms with van der Waals surface area (Å²) in [5.74, 6) is 0.934. The predicted molar refractivity (Wildman–Crippen MR) is 178 cm³/mol. The number of anilines is 1. The van der Waals surface area contributed by atoms with E-state index in [-0.39, 0.29) is 18.1 Å². The van der Waals surface area contributed by atoms with Crippen LogP contribution in [-0.2, 0) is 11.4 Å². The molecule has 1 N–H and O–H groups in total. The smallest absolute Gasteiger partial charge is 0.271 e. The summed E-state index contributed by atoms with van der Waals surface area (Å²) >= 11 is 1.26. The van der Waals surface area contributed by atoms with Crippen LogP contribution in [0.25, 0.3) is 6.08 Å². The van der Waals surface area contributed by atoms with Gasteiger partial charge in [0.1, 0.15) is 18.1 Å². The second-order valence-corrected chi connectivity index (χ2v) is 11.5. The Morgan fingerprint density at radius 3 is 2.46 bits per heavy atom. The Bertz CT molecular complexity index is 2160. The number of amides is 1. The molecule has 0 aliphatic carbocycles. The van der Waals surface area contributed by atoms with Crippen LogP contribution in [0.4, 0.5) is 5.69 Å². The highest BCUT2D eigenvalue weighted by Crippen LogP contribution is 2.32. The summed E-state index contributed by atoms with van der Waals surface area (Å²) in [6.45, 7) is 4.43. The first kappa shape index (κ1) is 30.3. The maximum absolute atomic E-state index is 14.2. The molecule has 46 heavy (non-hydrogen) atoms. The predicted octanol–water partition coefficient (Wildman–Crippen LogP) is 5.72. The summed E-state index contributed by atoms with van der Waals surface area (Å²) in [5, 5.41) is 12.4. The van der Waals surface area contributed by atoms with Crippen LogP contribution in [0.15, 0.2) is 124 Å². The number of benzene rings is 4. The van der Waals surface area contributed by atoms with E-state index in [1.54, 1.807) is 23.6 Å². The largest absolute Gasteiger partial charge is 0.494 e. The average molecular weight is 627 g/mol. The van der Waals surface area contributed by atoms with E-state index in [1.807, 2.05) is 104 Å². The van der Waals surface area contributed by atoms with Crippen molar-refractivity contribution >= 4 is 29.0 Å². The molecule has 1 aliphatic rings. The minimum absolute atomic E-state index is 0.201. The standard InChI is InChI=1S/C37H30N4O4S/c1-3-44-30-19-17-25(18-20-30)34-33(35(42)40-29-14-5-4-6-15-29)24(2)39-37-41(34)36(43)32(46-37)21-26-11-9-10-16-31(26)45-23-28-13-8-7-12-27(28)22-38/h4-21,34H,3,23H2,1-2H3,(H,40,42)/b32-21-/t34-/m0/s1. The number of hydrogen-bond donors (Lipinski definition) is 1. The Kier molecular flexibility index (Phi) is 8.90. The number of aromatic nitrogens is 1. The lowest BCUT2D eigenvalue weighted by atomic mass is 9.95. The zero-order valence-corrected chi connectivity index (χ0v) is 26.1. The molecule has 0 radical (unpaired) electrons. The van der Waals surface area contributed by atoms with Gasteiger partial charge in [-0.1, -0.05) is 78.1 Å². The quantitative estimate of drug-likeness (QED) is 0.225. The maximum atomic E-state index is 14.2. The summed E-state index contributed by atoms with van der Waals surface area (Å²) in [4.78, 5) is 33.3. The number of fused-ring (bicyclic) bond motifs is 1. The van der Waals surface area contributed by atoms with Crippen molar-refractivity contribution in [3.8, 4) is 17.6 Å². The molecular weight excluding hydrogens is 596 g/mol. The van der Waals surface area contributed by atoms with Crippen LogP contribution in [0.2, 0.25) is 0 Å². The van der Waals surface area contributed by atoms with Crippen LogP contribution >= 0.6 is 11.3 Å². The number of carbonyl (C=O) groups is 1. The molecule has 0 spiro atoms. The van der Waals surface area contributed by atoms with Gasteiger partial charge in [0.2, 0.25) is 0 Å². The van der Waals surface area contributed by atoms with Crippen molar-refractivity contribution in [1.29, 1.82) is 5.26 Å². The summed E-state index contributed by atoms with van der Waals surface area (Å²) in [6, 6.07) is 32.8. The van der Waals surface area contributed by atoms with E-state index in [1.165, 1.54) is 11.3 Å². The Morgan fingerprint density at radius 1 is 0.978 bits per heavy atom. The van der Waals surface area contributed by atoms with Crippen LogP contribution in [0, 0.1) is 11.3 Å². The van der Waals surface area contributed by atoms with Gasteiger partial charge in [-0.25, -0.2) is 4.99 Å². The molecule has 1 amide bonds. The van der Waals surface area contributed by atoms with Gasteiger partial charge < -0.3 is 14.8 Å².